The Bertz CT molecular complexity index is 421. The second-order valence-corrected chi connectivity index (χ2v) is 5.02. The van der Waals surface area contributed by atoms with Gasteiger partial charge >= 0.3 is 0 Å². The number of piperidine rings is 1. The Morgan fingerprint density at radius 2 is 1.95 bits per heavy atom. The minimum absolute atomic E-state index is 0. The number of hydrogen-bond acceptors (Lipinski definition) is 3. The number of carbonyl (C=O) groups is 1. The summed E-state index contributed by atoms with van der Waals surface area (Å²) in [6, 6.07) is 5.97. The smallest absolute Gasteiger partial charge is 0.226 e. The number of nitrogens with zero attached hydrogens (tertiary/aromatic N) is 1. The lowest BCUT2D eigenvalue weighted by Crippen LogP contribution is -2.41. The van der Waals surface area contributed by atoms with Gasteiger partial charge in [-0.1, -0.05) is 6.07 Å². The lowest BCUT2D eigenvalue weighted by atomic mass is 9.76. The van der Waals surface area contributed by atoms with Crippen LogP contribution in [0.25, 0.3) is 0 Å². The van der Waals surface area contributed by atoms with Gasteiger partial charge < -0.3 is 10.6 Å². The van der Waals surface area contributed by atoms with Gasteiger partial charge in [0.25, 0.3) is 0 Å². The first-order valence-electron chi connectivity index (χ1n) is 6.23. The summed E-state index contributed by atoms with van der Waals surface area (Å²) in [5.41, 5.74) is 0.837. The highest BCUT2D eigenvalue weighted by Gasteiger charge is 2.47. The Morgan fingerprint density at radius 1 is 1.21 bits per heavy atom. The molecule has 2 N–H and O–H groups in total. The molecule has 2 saturated heterocycles. The van der Waals surface area contributed by atoms with E-state index in [1.807, 2.05) is 18.2 Å². The topological polar surface area (TPSA) is 54.0 Å². The molecule has 1 aromatic heterocycles. The van der Waals surface area contributed by atoms with Gasteiger partial charge in [0.1, 0.15) is 0 Å². The number of carbonyl (C=O) groups excluding carboxylic acids is 1. The Morgan fingerprint density at radius 3 is 2.58 bits per heavy atom. The van der Waals surface area contributed by atoms with E-state index in [0.29, 0.717) is 0 Å². The Kier molecular flexibility index (Phi) is 5.59. The van der Waals surface area contributed by atoms with Crippen molar-refractivity contribution in [3.8, 4) is 0 Å². The van der Waals surface area contributed by atoms with Crippen molar-refractivity contribution in [1.29, 1.82) is 0 Å². The molecule has 3 rings (SSSR count). The van der Waals surface area contributed by atoms with Crippen LogP contribution in [0, 0.1) is 5.41 Å². The highest BCUT2D eigenvalue weighted by Crippen LogP contribution is 2.43. The number of aromatic nitrogens is 1. The predicted octanol–water partition coefficient (Wildman–Crippen LogP) is 1.86. The first kappa shape index (κ1) is 16.2. The third-order valence-corrected chi connectivity index (χ3v) is 3.99. The SMILES string of the molecule is Cl.Cl.O=C1NC(c2ccccn2)CC12CCNCC2. The third kappa shape index (κ3) is 3.02. The van der Waals surface area contributed by atoms with Gasteiger partial charge in [-0.05, 0) is 44.5 Å². The molecule has 1 amide bonds. The van der Waals surface area contributed by atoms with Crippen LogP contribution in [0.15, 0.2) is 24.4 Å². The molecule has 0 bridgehead atoms. The van der Waals surface area contributed by atoms with Crippen molar-refractivity contribution in [2.45, 2.75) is 25.3 Å². The molecule has 1 aromatic rings. The van der Waals surface area contributed by atoms with Gasteiger partial charge in [-0.15, -0.1) is 24.8 Å². The molecule has 19 heavy (non-hydrogen) atoms. The fraction of sp³-hybridized carbons (Fsp3) is 0.538. The summed E-state index contributed by atoms with van der Waals surface area (Å²) >= 11 is 0. The standard InChI is InChI=1S/C13H17N3O.2ClH/c17-12-13(4-7-14-8-5-13)9-11(16-12)10-3-1-2-6-15-10;;/h1-3,6,11,14H,4-5,7-9H2,(H,16,17);2*1H. The van der Waals surface area contributed by atoms with E-state index >= 15 is 0 Å². The monoisotopic (exact) mass is 303 g/mol. The minimum Gasteiger partial charge on any atom is -0.347 e. The second kappa shape index (κ2) is 6.55. The first-order valence-corrected chi connectivity index (χ1v) is 6.23. The lowest BCUT2D eigenvalue weighted by Gasteiger charge is -2.30. The van der Waals surface area contributed by atoms with Gasteiger partial charge in [-0.25, -0.2) is 0 Å². The van der Waals surface area contributed by atoms with Crippen LogP contribution in [-0.2, 0) is 4.79 Å². The van der Waals surface area contributed by atoms with Crippen LogP contribution in [0.3, 0.4) is 0 Å². The van der Waals surface area contributed by atoms with E-state index in [0.717, 1.165) is 38.0 Å². The van der Waals surface area contributed by atoms with Crippen LogP contribution in [0.2, 0.25) is 0 Å². The van der Waals surface area contributed by atoms with Crippen LogP contribution in [0.5, 0.6) is 0 Å². The van der Waals surface area contributed by atoms with Crippen LogP contribution in [0.1, 0.15) is 31.0 Å². The van der Waals surface area contributed by atoms with Crippen molar-refractivity contribution in [2.75, 3.05) is 13.1 Å². The summed E-state index contributed by atoms with van der Waals surface area (Å²) in [6.45, 7) is 1.89. The van der Waals surface area contributed by atoms with Crippen molar-refractivity contribution < 1.29 is 4.79 Å². The molecule has 1 atom stereocenters. The Hall–Kier alpha value is -0.840. The normalized spacial score (nSPS) is 24.2. The zero-order chi connectivity index (χ0) is 11.7. The van der Waals surface area contributed by atoms with E-state index in [-0.39, 0.29) is 42.2 Å². The van der Waals surface area contributed by atoms with Gasteiger partial charge in [0.2, 0.25) is 5.91 Å². The van der Waals surface area contributed by atoms with Crippen molar-refractivity contribution in [3.63, 3.8) is 0 Å². The summed E-state index contributed by atoms with van der Waals surface area (Å²) in [6.07, 6.45) is 4.57. The maximum Gasteiger partial charge on any atom is 0.226 e. The molecule has 0 saturated carbocycles. The van der Waals surface area contributed by atoms with Gasteiger partial charge in [-0.3, -0.25) is 9.78 Å². The van der Waals surface area contributed by atoms with Crippen LogP contribution in [-0.4, -0.2) is 24.0 Å². The molecule has 0 aliphatic carbocycles. The highest BCUT2D eigenvalue weighted by molar-refractivity contribution is 5.86. The maximum atomic E-state index is 12.2. The van der Waals surface area contributed by atoms with E-state index in [1.54, 1.807) is 6.20 Å². The second-order valence-electron chi connectivity index (χ2n) is 5.02. The number of hydrogen-bond donors (Lipinski definition) is 2. The van der Waals surface area contributed by atoms with E-state index < -0.39 is 0 Å². The molecule has 4 nitrogen and oxygen atoms in total. The number of halogens is 2. The molecule has 2 aliphatic heterocycles. The van der Waals surface area contributed by atoms with Gasteiger partial charge in [0, 0.05) is 6.20 Å². The predicted molar refractivity (Wildman–Crippen MR) is 78.8 cm³/mol. The molecule has 0 aromatic carbocycles. The molecular formula is C13H19Cl2N3O. The number of amides is 1. The number of nitrogens with one attached hydrogen (secondary N) is 2. The molecule has 2 fully saturated rings. The minimum atomic E-state index is -0.145. The van der Waals surface area contributed by atoms with Crippen LogP contribution < -0.4 is 10.6 Å². The summed E-state index contributed by atoms with van der Waals surface area (Å²) in [7, 11) is 0. The number of pyridine rings is 1. The van der Waals surface area contributed by atoms with Crippen LogP contribution >= 0.6 is 24.8 Å². The molecule has 6 heteroatoms. The van der Waals surface area contributed by atoms with Crippen molar-refractivity contribution in [1.82, 2.24) is 15.6 Å². The highest BCUT2D eigenvalue weighted by atomic mass is 35.5. The molecular weight excluding hydrogens is 285 g/mol. The average molecular weight is 304 g/mol. The average Bonchev–Trinajstić information content (AvgIpc) is 2.69. The zero-order valence-corrected chi connectivity index (χ0v) is 12.2. The summed E-state index contributed by atoms with van der Waals surface area (Å²) in [4.78, 5) is 16.5. The summed E-state index contributed by atoms with van der Waals surface area (Å²) in [5.74, 6) is 0.217. The largest absolute Gasteiger partial charge is 0.347 e. The summed E-state index contributed by atoms with van der Waals surface area (Å²) < 4.78 is 0. The van der Waals surface area contributed by atoms with E-state index in [2.05, 4.69) is 15.6 Å². The summed E-state index contributed by atoms with van der Waals surface area (Å²) in [5, 5.41) is 6.42. The fourth-order valence-corrected chi connectivity index (χ4v) is 2.94. The Labute approximate surface area is 125 Å². The first-order chi connectivity index (χ1) is 8.30. The van der Waals surface area contributed by atoms with E-state index in [9.17, 15) is 4.79 Å². The molecule has 3 heterocycles. The Balaban J connectivity index is 0.000000902. The third-order valence-electron chi connectivity index (χ3n) is 3.99. The molecule has 1 unspecified atom stereocenters. The van der Waals surface area contributed by atoms with Gasteiger partial charge in [0.05, 0.1) is 17.2 Å². The zero-order valence-electron chi connectivity index (χ0n) is 10.6. The fourth-order valence-electron chi connectivity index (χ4n) is 2.94. The molecule has 106 valence electrons. The molecule has 1 spiro atoms. The van der Waals surface area contributed by atoms with Crippen molar-refractivity contribution in [3.05, 3.63) is 30.1 Å². The van der Waals surface area contributed by atoms with Gasteiger partial charge in [0.15, 0.2) is 0 Å². The maximum absolute atomic E-state index is 12.2. The number of rotatable bonds is 1. The molecule has 2 aliphatic rings. The molecule has 0 radical (unpaired) electrons. The van der Waals surface area contributed by atoms with Crippen molar-refractivity contribution in [2.24, 2.45) is 5.41 Å². The van der Waals surface area contributed by atoms with Crippen molar-refractivity contribution >= 4 is 30.7 Å². The lowest BCUT2D eigenvalue weighted by molar-refractivity contribution is -0.128. The van der Waals surface area contributed by atoms with E-state index in [1.165, 1.54) is 0 Å². The van der Waals surface area contributed by atoms with E-state index in [4.69, 9.17) is 0 Å². The van der Waals surface area contributed by atoms with Gasteiger partial charge in [-0.2, -0.15) is 0 Å². The quantitative estimate of drug-likeness (QED) is 0.832. The van der Waals surface area contributed by atoms with Crippen LogP contribution in [0.4, 0.5) is 0 Å².